The van der Waals surface area contributed by atoms with E-state index in [1.54, 1.807) is 0 Å². The van der Waals surface area contributed by atoms with E-state index in [0.29, 0.717) is 0 Å². The van der Waals surface area contributed by atoms with Gasteiger partial charge in [-0.2, -0.15) is 4.98 Å². The van der Waals surface area contributed by atoms with Gasteiger partial charge in [0.25, 0.3) is 0 Å². The van der Waals surface area contributed by atoms with Crippen molar-refractivity contribution in [3.05, 3.63) is 11.7 Å². The maximum atomic E-state index is 11.8. The summed E-state index contributed by atoms with van der Waals surface area (Å²) in [5, 5.41) is 18.0. The van der Waals surface area contributed by atoms with E-state index in [4.69, 9.17) is 16.0 Å². The Balaban J connectivity index is 2.83. The molecule has 1 heterocycles. The van der Waals surface area contributed by atoms with Crippen LogP contribution in [0.4, 0.5) is 4.79 Å². The van der Waals surface area contributed by atoms with Crippen LogP contribution in [0.3, 0.4) is 0 Å². The van der Waals surface area contributed by atoms with Crippen LogP contribution in [0, 0.1) is 0 Å². The smallest absolute Gasteiger partial charge is 0.315 e. The number of carbonyl (C=O) groups is 3. The average Bonchev–Trinajstić information content (AvgIpc) is 2.97. The number of aromatic nitrogens is 2. The average molecular weight is 342 g/mol. The van der Waals surface area contributed by atoms with E-state index in [9.17, 15) is 19.5 Å². The van der Waals surface area contributed by atoms with Gasteiger partial charge in [-0.15, -0.1) is 0 Å². The van der Waals surface area contributed by atoms with Crippen molar-refractivity contribution in [2.45, 2.75) is 44.9 Å². The number of Topliss-reactive ketones (excluding diaryl/α,β-unsaturated/α-hetero) is 1. The van der Waals surface area contributed by atoms with E-state index in [1.165, 1.54) is 13.8 Å². The number of urea groups is 1. The zero-order chi connectivity index (χ0) is 18.3. The second kappa shape index (κ2) is 8.93. The van der Waals surface area contributed by atoms with Crippen molar-refractivity contribution in [2.24, 2.45) is 11.5 Å². The molecule has 11 heteroatoms. The predicted octanol–water partition coefficient (Wildman–Crippen LogP) is -1.35. The Hall–Kier alpha value is -2.53. The highest BCUT2D eigenvalue weighted by molar-refractivity contribution is 5.83. The van der Waals surface area contributed by atoms with Gasteiger partial charge >= 0.3 is 6.03 Å². The van der Waals surface area contributed by atoms with Crippen LogP contribution >= 0.6 is 0 Å². The number of nitrogens with zero attached hydrogens (tertiary/aromatic N) is 2. The molecule has 24 heavy (non-hydrogen) atoms. The number of amides is 3. The fourth-order valence-electron chi connectivity index (χ4n) is 1.70. The summed E-state index contributed by atoms with van der Waals surface area (Å²) in [5.74, 6) is -0.705. The second-order valence-electron chi connectivity index (χ2n) is 5.34. The first-order chi connectivity index (χ1) is 11.2. The van der Waals surface area contributed by atoms with Gasteiger partial charge in [0.15, 0.2) is 5.82 Å². The molecule has 0 aliphatic heterocycles. The molecule has 0 saturated carbocycles. The normalized spacial score (nSPS) is 14.5. The van der Waals surface area contributed by atoms with Gasteiger partial charge in [0.05, 0.1) is 18.7 Å². The van der Waals surface area contributed by atoms with Crippen LogP contribution in [0.2, 0.25) is 0 Å². The number of hydrogen-bond donors (Lipinski definition) is 5. The summed E-state index contributed by atoms with van der Waals surface area (Å²) < 4.78 is 5.04. The predicted molar refractivity (Wildman–Crippen MR) is 81.3 cm³/mol. The number of carbonyl (C=O) groups excluding carboxylic acids is 3. The third kappa shape index (κ3) is 6.30. The SMILES string of the molecule is CC(=O)CNC(=O)N[C@@H](CCC(N)=O)c1nc([C@@H](N)C(C)O)no1. The van der Waals surface area contributed by atoms with Gasteiger partial charge in [-0.1, -0.05) is 5.16 Å². The van der Waals surface area contributed by atoms with Crippen LogP contribution in [0.25, 0.3) is 0 Å². The summed E-state index contributed by atoms with van der Waals surface area (Å²) in [4.78, 5) is 37.7. The lowest BCUT2D eigenvalue weighted by Crippen LogP contribution is -2.40. The first-order valence-corrected chi connectivity index (χ1v) is 7.30. The molecule has 0 spiro atoms. The van der Waals surface area contributed by atoms with Crippen molar-refractivity contribution in [2.75, 3.05) is 6.54 Å². The molecule has 134 valence electrons. The Morgan fingerprint density at radius 1 is 1.38 bits per heavy atom. The minimum Gasteiger partial charge on any atom is -0.391 e. The summed E-state index contributed by atoms with van der Waals surface area (Å²) in [6, 6.07) is -2.29. The number of nitrogens with one attached hydrogen (secondary N) is 2. The lowest BCUT2D eigenvalue weighted by Gasteiger charge is -2.14. The first-order valence-electron chi connectivity index (χ1n) is 7.30. The molecule has 7 N–H and O–H groups in total. The van der Waals surface area contributed by atoms with Crippen LogP contribution in [0.5, 0.6) is 0 Å². The minimum absolute atomic E-state index is 0.0142. The third-order valence-corrected chi connectivity index (χ3v) is 3.06. The van der Waals surface area contributed by atoms with E-state index >= 15 is 0 Å². The molecule has 1 aromatic rings. The number of aliphatic hydroxyl groups is 1. The highest BCUT2D eigenvalue weighted by Crippen LogP contribution is 2.19. The zero-order valence-corrected chi connectivity index (χ0v) is 13.5. The Bertz CT molecular complexity index is 587. The second-order valence-corrected chi connectivity index (χ2v) is 5.34. The van der Waals surface area contributed by atoms with Crippen LogP contribution < -0.4 is 22.1 Å². The summed E-state index contributed by atoms with van der Waals surface area (Å²) >= 11 is 0. The molecular weight excluding hydrogens is 320 g/mol. The van der Waals surface area contributed by atoms with Gasteiger partial charge in [-0.3, -0.25) is 9.59 Å². The largest absolute Gasteiger partial charge is 0.391 e. The van der Waals surface area contributed by atoms with Crippen molar-refractivity contribution < 1.29 is 24.0 Å². The fourth-order valence-corrected chi connectivity index (χ4v) is 1.70. The Morgan fingerprint density at radius 3 is 2.58 bits per heavy atom. The molecule has 0 aliphatic rings. The Kier molecular flexibility index (Phi) is 7.27. The lowest BCUT2D eigenvalue weighted by molar-refractivity contribution is -0.118. The Labute approximate surface area is 138 Å². The Morgan fingerprint density at radius 2 is 2.04 bits per heavy atom. The molecule has 0 radical (unpaired) electrons. The van der Waals surface area contributed by atoms with Crippen LogP contribution in [-0.2, 0) is 9.59 Å². The van der Waals surface area contributed by atoms with Gasteiger partial charge in [0, 0.05) is 6.42 Å². The number of rotatable bonds is 9. The van der Waals surface area contributed by atoms with Crippen LogP contribution in [-0.4, -0.2) is 45.6 Å². The zero-order valence-electron chi connectivity index (χ0n) is 13.5. The molecule has 0 bridgehead atoms. The number of aliphatic hydroxyl groups excluding tert-OH is 1. The monoisotopic (exact) mass is 342 g/mol. The minimum atomic E-state index is -0.897. The molecule has 1 rings (SSSR count). The number of primary amides is 1. The highest BCUT2D eigenvalue weighted by atomic mass is 16.5. The van der Waals surface area contributed by atoms with E-state index in [0.717, 1.165) is 0 Å². The molecule has 1 aromatic heterocycles. The van der Waals surface area contributed by atoms with E-state index in [-0.39, 0.29) is 36.9 Å². The highest BCUT2D eigenvalue weighted by Gasteiger charge is 2.25. The van der Waals surface area contributed by atoms with Gasteiger partial charge in [0.1, 0.15) is 11.8 Å². The van der Waals surface area contributed by atoms with Crippen LogP contribution in [0.1, 0.15) is 50.5 Å². The molecule has 0 fully saturated rings. The maximum Gasteiger partial charge on any atom is 0.315 e. The number of hydrogen-bond acceptors (Lipinski definition) is 8. The summed E-state index contributed by atoms with van der Waals surface area (Å²) in [5.41, 5.74) is 10.8. The van der Waals surface area contributed by atoms with Crippen molar-refractivity contribution in [1.29, 1.82) is 0 Å². The molecule has 0 aromatic carbocycles. The van der Waals surface area contributed by atoms with Crippen molar-refractivity contribution >= 4 is 17.7 Å². The quantitative estimate of drug-likeness (QED) is 0.364. The molecule has 0 aliphatic carbocycles. The molecule has 11 nitrogen and oxygen atoms in total. The molecule has 3 atom stereocenters. The summed E-state index contributed by atoms with van der Waals surface area (Å²) in [7, 11) is 0. The van der Waals surface area contributed by atoms with Gasteiger partial charge in [-0.25, -0.2) is 4.79 Å². The topological polar surface area (TPSA) is 186 Å². The molecule has 3 amide bonds. The van der Waals surface area contributed by atoms with Crippen molar-refractivity contribution in [1.82, 2.24) is 20.8 Å². The fraction of sp³-hybridized carbons (Fsp3) is 0.615. The van der Waals surface area contributed by atoms with Crippen LogP contribution in [0.15, 0.2) is 4.52 Å². The maximum absolute atomic E-state index is 11.8. The van der Waals surface area contributed by atoms with Crippen molar-refractivity contribution in [3.8, 4) is 0 Å². The third-order valence-electron chi connectivity index (χ3n) is 3.06. The van der Waals surface area contributed by atoms with Gasteiger partial charge in [-0.05, 0) is 20.3 Å². The van der Waals surface area contributed by atoms with Crippen molar-refractivity contribution in [3.63, 3.8) is 0 Å². The molecular formula is C13H22N6O5. The number of ketones is 1. The standard InChI is InChI=1S/C13H22N6O5/c1-6(20)5-16-13(23)17-8(3-4-9(14)22)12-18-11(19-24-12)10(15)7(2)21/h7-8,10,21H,3-5,15H2,1-2H3,(H2,14,22)(H2,16,17,23)/t7?,8-,10-/m0/s1. The lowest BCUT2D eigenvalue weighted by atomic mass is 10.1. The summed E-state index contributed by atoms with van der Waals surface area (Å²) in [6.45, 7) is 2.65. The van der Waals surface area contributed by atoms with E-state index in [2.05, 4.69) is 20.8 Å². The van der Waals surface area contributed by atoms with Gasteiger partial charge < -0.3 is 31.7 Å². The number of nitrogens with two attached hydrogens (primary N) is 2. The van der Waals surface area contributed by atoms with E-state index < -0.39 is 30.1 Å². The molecule has 0 saturated heterocycles. The molecule has 1 unspecified atom stereocenters. The van der Waals surface area contributed by atoms with Gasteiger partial charge in [0.2, 0.25) is 11.8 Å². The first kappa shape index (κ1) is 19.5. The summed E-state index contributed by atoms with van der Waals surface area (Å²) in [6.07, 6.45) is -0.807. The van der Waals surface area contributed by atoms with E-state index in [1.807, 2.05) is 0 Å².